The van der Waals surface area contributed by atoms with E-state index in [1.807, 2.05) is 18.4 Å². The molecule has 0 unspecified atom stereocenters. The van der Waals surface area contributed by atoms with Gasteiger partial charge >= 0.3 is 0 Å². The molecule has 1 aromatic rings. The van der Waals surface area contributed by atoms with Gasteiger partial charge in [0.15, 0.2) is 0 Å². The van der Waals surface area contributed by atoms with Crippen molar-refractivity contribution in [1.29, 1.82) is 5.26 Å². The van der Waals surface area contributed by atoms with Gasteiger partial charge in [0, 0.05) is 0 Å². The Morgan fingerprint density at radius 3 is 2.54 bits per heavy atom. The van der Waals surface area contributed by atoms with Crippen LogP contribution in [-0.4, -0.2) is 6.61 Å². The first-order chi connectivity index (χ1) is 11.8. The molecule has 130 valence electrons. The second-order valence-electron chi connectivity index (χ2n) is 6.98. The highest BCUT2D eigenvalue weighted by molar-refractivity contribution is 5.33. The van der Waals surface area contributed by atoms with Gasteiger partial charge in [0.05, 0.1) is 24.5 Å². The number of nitrogens with zero attached hydrogens (tertiary/aromatic N) is 1. The summed E-state index contributed by atoms with van der Waals surface area (Å²) in [5, 5.41) is 8.88. The molecule has 2 heteroatoms. The number of allylic oxidation sites excluding steroid dienone is 1. The maximum atomic E-state index is 8.88. The highest BCUT2D eigenvalue weighted by Gasteiger charge is 2.22. The van der Waals surface area contributed by atoms with Gasteiger partial charge in [-0.1, -0.05) is 31.9 Å². The molecule has 2 nitrogen and oxygen atoms in total. The van der Waals surface area contributed by atoms with Crippen LogP contribution in [-0.2, 0) is 4.74 Å². The summed E-state index contributed by atoms with van der Waals surface area (Å²) in [6.45, 7) is 3.09. The summed E-state index contributed by atoms with van der Waals surface area (Å²) in [5.74, 6) is 1.49. The average molecular weight is 325 g/mol. The number of nitriles is 1. The van der Waals surface area contributed by atoms with Crippen molar-refractivity contribution in [1.82, 2.24) is 0 Å². The average Bonchev–Trinajstić information content (AvgIpc) is 2.64. The zero-order chi connectivity index (χ0) is 17.0. The minimum atomic E-state index is 0.674. The van der Waals surface area contributed by atoms with E-state index < -0.39 is 0 Å². The van der Waals surface area contributed by atoms with Crippen molar-refractivity contribution in [2.24, 2.45) is 5.92 Å². The first kappa shape index (κ1) is 18.6. The normalized spacial score (nSPS) is 20.8. The van der Waals surface area contributed by atoms with Gasteiger partial charge < -0.3 is 4.74 Å². The van der Waals surface area contributed by atoms with Crippen LogP contribution in [0.25, 0.3) is 0 Å². The SMILES string of the molecule is CCCCCC=COCCC1CCC(c2ccc(C#N)cc2)CC1. The predicted octanol–water partition coefficient (Wildman–Crippen LogP) is 6.33. The maximum absolute atomic E-state index is 8.88. The molecule has 0 heterocycles. The van der Waals surface area contributed by atoms with E-state index in [1.54, 1.807) is 0 Å². The Kier molecular flexibility index (Phi) is 8.46. The molecule has 0 aliphatic heterocycles. The van der Waals surface area contributed by atoms with Crippen LogP contribution in [0.2, 0.25) is 0 Å². The Balaban J connectivity index is 1.60. The second-order valence-corrected chi connectivity index (χ2v) is 6.98. The van der Waals surface area contributed by atoms with Crippen LogP contribution in [0.1, 0.15) is 81.8 Å². The lowest BCUT2D eigenvalue weighted by Gasteiger charge is -2.28. The van der Waals surface area contributed by atoms with Gasteiger partial charge in [-0.05, 0) is 80.6 Å². The summed E-state index contributed by atoms with van der Waals surface area (Å²) >= 11 is 0. The van der Waals surface area contributed by atoms with Gasteiger partial charge in [-0.3, -0.25) is 0 Å². The monoisotopic (exact) mass is 325 g/mol. The smallest absolute Gasteiger partial charge is 0.0991 e. The Bertz CT molecular complexity index is 518. The van der Waals surface area contributed by atoms with E-state index in [1.165, 1.54) is 56.9 Å². The number of hydrogen-bond acceptors (Lipinski definition) is 2. The second kappa shape index (κ2) is 10.9. The van der Waals surface area contributed by atoms with E-state index in [0.717, 1.165) is 24.5 Å². The number of unbranched alkanes of at least 4 members (excludes halogenated alkanes) is 3. The summed E-state index contributed by atoms with van der Waals surface area (Å²) in [6, 6.07) is 10.4. The Hall–Kier alpha value is -1.75. The van der Waals surface area contributed by atoms with E-state index in [2.05, 4.69) is 31.2 Å². The van der Waals surface area contributed by atoms with Crippen LogP contribution >= 0.6 is 0 Å². The third kappa shape index (κ3) is 6.40. The fourth-order valence-electron chi connectivity index (χ4n) is 3.57. The molecule has 24 heavy (non-hydrogen) atoms. The van der Waals surface area contributed by atoms with E-state index in [0.29, 0.717) is 5.92 Å². The van der Waals surface area contributed by atoms with Crippen LogP contribution < -0.4 is 0 Å². The molecule has 1 saturated carbocycles. The quantitative estimate of drug-likeness (QED) is 0.392. The molecule has 1 aliphatic carbocycles. The third-order valence-electron chi connectivity index (χ3n) is 5.17. The van der Waals surface area contributed by atoms with E-state index in [9.17, 15) is 0 Å². The van der Waals surface area contributed by atoms with Gasteiger partial charge in [-0.2, -0.15) is 5.26 Å². The molecule has 0 saturated heterocycles. The van der Waals surface area contributed by atoms with Crippen molar-refractivity contribution in [2.75, 3.05) is 6.61 Å². The molecule has 1 aromatic carbocycles. The zero-order valence-corrected chi connectivity index (χ0v) is 15.0. The topological polar surface area (TPSA) is 33.0 Å². The summed E-state index contributed by atoms with van der Waals surface area (Å²) in [6.07, 6.45) is 15.4. The van der Waals surface area contributed by atoms with Gasteiger partial charge in [-0.25, -0.2) is 0 Å². The minimum absolute atomic E-state index is 0.674. The lowest BCUT2D eigenvalue weighted by Crippen LogP contribution is -2.14. The maximum Gasteiger partial charge on any atom is 0.0991 e. The van der Waals surface area contributed by atoms with Crippen LogP contribution in [0, 0.1) is 17.2 Å². The van der Waals surface area contributed by atoms with Crippen LogP contribution in [0.15, 0.2) is 36.6 Å². The molecule has 1 aliphatic rings. The molecule has 0 amide bonds. The van der Waals surface area contributed by atoms with Gasteiger partial charge in [0.25, 0.3) is 0 Å². The molecule has 0 spiro atoms. The fraction of sp³-hybridized carbons (Fsp3) is 0.591. The number of ether oxygens (including phenoxy) is 1. The molecule has 0 aromatic heterocycles. The Morgan fingerprint density at radius 2 is 1.88 bits per heavy atom. The van der Waals surface area contributed by atoms with Gasteiger partial charge in [0.2, 0.25) is 0 Å². The van der Waals surface area contributed by atoms with E-state index in [4.69, 9.17) is 10.00 Å². The standard InChI is InChI=1S/C22H31NO/c1-2-3-4-5-6-16-24-17-15-19-7-11-21(12-8-19)22-13-9-20(18-23)10-14-22/h6,9-10,13-14,16,19,21H,2-5,7-8,11-12,15,17H2,1H3. The summed E-state index contributed by atoms with van der Waals surface area (Å²) in [5.41, 5.74) is 2.16. The van der Waals surface area contributed by atoms with Crippen molar-refractivity contribution >= 4 is 0 Å². The molecule has 2 rings (SSSR count). The lowest BCUT2D eigenvalue weighted by molar-refractivity contribution is 0.197. The highest BCUT2D eigenvalue weighted by atomic mass is 16.5. The Morgan fingerprint density at radius 1 is 1.12 bits per heavy atom. The van der Waals surface area contributed by atoms with E-state index >= 15 is 0 Å². The molecular formula is C22H31NO. The van der Waals surface area contributed by atoms with Crippen LogP contribution in [0.3, 0.4) is 0 Å². The zero-order valence-electron chi connectivity index (χ0n) is 15.0. The van der Waals surface area contributed by atoms with Gasteiger partial charge in [-0.15, -0.1) is 0 Å². The summed E-state index contributed by atoms with van der Waals surface area (Å²) in [7, 11) is 0. The molecule has 0 bridgehead atoms. The van der Waals surface area contributed by atoms with Crippen LogP contribution in [0.4, 0.5) is 0 Å². The van der Waals surface area contributed by atoms with E-state index in [-0.39, 0.29) is 0 Å². The first-order valence-corrected chi connectivity index (χ1v) is 9.60. The van der Waals surface area contributed by atoms with Crippen molar-refractivity contribution < 1.29 is 4.74 Å². The molecule has 0 radical (unpaired) electrons. The van der Waals surface area contributed by atoms with Crippen molar-refractivity contribution in [3.05, 3.63) is 47.7 Å². The Labute approximate surface area is 147 Å². The molecule has 0 atom stereocenters. The van der Waals surface area contributed by atoms with Crippen LogP contribution in [0.5, 0.6) is 0 Å². The minimum Gasteiger partial charge on any atom is -0.502 e. The third-order valence-corrected chi connectivity index (χ3v) is 5.17. The van der Waals surface area contributed by atoms with Crippen molar-refractivity contribution in [3.63, 3.8) is 0 Å². The first-order valence-electron chi connectivity index (χ1n) is 9.60. The molecule has 1 fully saturated rings. The highest BCUT2D eigenvalue weighted by Crippen LogP contribution is 2.37. The van der Waals surface area contributed by atoms with Gasteiger partial charge in [0.1, 0.15) is 0 Å². The predicted molar refractivity (Wildman–Crippen MR) is 99.7 cm³/mol. The number of hydrogen-bond donors (Lipinski definition) is 0. The molecule has 0 N–H and O–H groups in total. The lowest BCUT2D eigenvalue weighted by atomic mass is 9.77. The summed E-state index contributed by atoms with van der Waals surface area (Å²) < 4.78 is 5.64. The fourth-order valence-corrected chi connectivity index (χ4v) is 3.57. The van der Waals surface area contributed by atoms with Crippen molar-refractivity contribution in [3.8, 4) is 6.07 Å². The summed E-state index contributed by atoms with van der Waals surface area (Å²) in [4.78, 5) is 0. The largest absolute Gasteiger partial charge is 0.502 e. The number of benzene rings is 1. The number of rotatable bonds is 9. The van der Waals surface area contributed by atoms with Crippen molar-refractivity contribution in [2.45, 2.75) is 70.6 Å². The molecular weight excluding hydrogens is 294 g/mol.